The van der Waals surface area contributed by atoms with E-state index in [1.54, 1.807) is 6.92 Å². The van der Waals surface area contributed by atoms with Crippen molar-refractivity contribution in [3.63, 3.8) is 0 Å². The molecule has 0 fully saturated rings. The Bertz CT molecular complexity index is 1160. The normalized spacial score (nSPS) is 11.1. The lowest BCUT2D eigenvalue weighted by molar-refractivity contribution is 0.0519. The van der Waals surface area contributed by atoms with E-state index in [1.807, 2.05) is 42.5 Å². The lowest BCUT2D eigenvalue weighted by atomic mass is 10.1. The number of H-pyrrole nitrogens is 1. The van der Waals surface area contributed by atoms with E-state index < -0.39 is 0 Å². The Morgan fingerprint density at radius 3 is 2.72 bits per heavy atom. The molecule has 148 valence electrons. The fourth-order valence-corrected chi connectivity index (χ4v) is 3.79. The molecule has 5 heteroatoms. The van der Waals surface area contributed by atoms with Gasteiger partial charge in [-0.25, -0.2) is 4.79 Å². The van der Waals surface area contributed by atoms with E-state index in [4.69, 9.17) is 21.1 Å². The molecule has 0 radical (unpaired) electrons. The van der Waals surface area contributed by atoms with Gasteiger partial charge in [0.1, 0.15) is 11.4 Å². The Kier molecular flexibility index (Phi) is 5.72. The fourth-order valence-electron chi connectivity index (χ4n) is 3.62. The van der Waals surface area contributed by atoms with Gasteiger partial charge in [-0.1, -0.05) is 54.1 Å². The number of rotatable bonds is 7. The lowest BCUT2D eigenvalue weighted by Crippen LogP contribution is -2.09. The first kappa shape index (κ1) is 19.3. The highest BCUT2D eigenvalue weighted by atomic mass is 35.5. The first-order valence-electron chi connectivity index (χ1n) is 9.75. The Balaban J connectivity index is 1.51. The van der Waals surface area contributed by atoms with Crippen LogP contribution in [0.15, 0.2) is 60.7 Å². The van der Waals surface area contributed by atoms with Crippen LogP contribution in [0.4, 0.5) is 0 Å². The van der Waals surface area contributed by atoms with Crippen molar-refractivity contribution in [1.82, 2.24) is 4.98 Å². The molecule has 29 heavy (non-hydrogen) atoms. The van der Waals surface area contributed by atoms with Crippen LogP contribution in [0.1, 0.15) is 29.4 Å². The maximum absolute atomic E-state index is 12.4. The van der Waals surface area contributed by atoms with Crippen molar-refractivity contribution in [2.24, 2.45) is 0 Å². The second kappa shape index (κ2) is 8.58. The molecule has 1 N–H and O–H groups in total. The highest BCUT2D eigenvalue weighted by Gasteiger charge is 2.18. The van der Waals surface area contributed by atoms with Crippen molar-refractivity contribution >= 4 is 39.2 Å². The van der Waals surface area contributed by atoms with Gasteiger partial charge in [0.15, 0.2) is 0 Å². The zero-order chi connectivity index (χ0) is 20.2. The summed E-state index contributed by atoms with van der Waals surface area (Å²) in [7, 11) is 0. The van der Waals surface area contributed by atoms with Gasteiger partial charge in [0.25, 0.3) is 0 Å². The number of benzene rings is 3. The molecule has 0 atom stereocenters. The van der Waals surface area contributed by atoms with E-state index >= 15 is 0 Å². The van der Waals surface area contributed by atoms with Crippen LogP contribution in [0.3, 0.4) is 0 Å². The van der Waals surface area contributed by atoms with E-state index in [2.05, 4.69) is 23.2 Å². The number of aromatic nitrogens is 1. The number of aryl methyl sites for hydroxylation is 1. The van der Waals surface area contributed by atoms with Gasteiger partial charge in [-0.05, 0) is 48.9 Å². The third-order valence-corrected chi connectivity index (χ3v) is 5.16. The monoisotopic (exact) mass is 407 g/mol. The molecular formula is C24H22ClNO3. The Morgan fingerprint density at radius 1 is 1.03 bits per heavy atom. The molecule has 1 aromatic heterocycles. The van der Waals surface area contributed by atoms with Crippen molar-refractivity contribution < 1.29 is 14.3 Å². The van der Waals surface area contributed by atoms with Crippen LogP contribution in [-0.4, -0.2) is 24.2 Å². The fraction of sp³-hybridized carbons (Fsp3) is 0.208. The number of ether oxygens (including phenoxy) is 2. The first-order chi connectivity index (χ1) is 14.2. The topological polar surface area (TPSA) is 51.3 Å². The summed E-state index contributed by atoms with van der Waals surface area (Å²) in [5.74, 6) is 0.532. The molecule has 0 aliphatic heterocycles. The summed E-state index contributed by atoms with van der Waals surface area (Å²) in [6.07, 6.45) is 1.46. The Hall–Kier alpha value is -2.98. The van der Waals surface area contributed by atoms with Crippen LogP contribution in [0, 0.1) is 0 Å². The molecule has 0 unspecified atom stereocenters. The molecule has 3 aromatic carbocycles. The van der Waals surface area contributed by atoms with Crippen LogP contribution in [-0.2, 0) is 11.2 Å². The summed E-state index contributed by atoms with van der Waals surface area (Å²) in [6, 6.07) is 19.8. The second-order valence-electron chi connectivity index (χ2n) is 6.82. The molecule has 4 rings (SSSR count). The molecule has 0 saturated heterocycles. The zero-order valence-electron chi connectivity index (χ0n) is 16.2. The van der Waals surface area contributed by atoms with E-state index in [-0.39, 0.29) is 5.97 Å². The minimum atomic E-state index is -0.343. The van der Waals surface area contributed by atoms with Crippen LogP contribution in [0.25, 0.3) is 21.7 Å². The molecule has 0 saturated carbocycles. The standard InChI is InChI=1S/C24H22ClNO3/c1-2-28-24(27)23-20(19-13-12-17(25)15-21(19)26-23)10-6-14-29-22-11-5-8-16-7-3-4-9-18(16)22/h3-5,7-9,11-13,15,26H,2,6,10,14H2,1H3. The van der Waals surface area contributed by atoms with Crippen LogP contribution in [0.5, 0.6) is 5.75 Å². The highest BCUT2D eigenvalue weighted by Crippen LogP contribution is 2.28. The second-order valence-corrected chi connectivity index (χ2v) is 7.25. The van der Waals surface area contributed by atoms with Gasteiger partial charge in [0, 0.05) is 21.3 Å². The number of esters is 1. The zero-order valence-corrected chi connectivity index (χ0v) is 17.0. The van der Waals surface area contributed by atoms with Crippen molar-refractivity contribution in [1.29, 1.82) is 0 Å². The molecule has 0 aliphatic carbocycles. The lowest BCUT2D eigenvalue weighted by Gasteiger charge is -2.10. The van der Waals surface area contributed by atoms with E-state index in [1.165, 1.54) is 0 Å². The minimum Gasteiger partial charge on any atom is -0.493 e. The van der Waals surface area contributed by atoms with Crippen molar-refractivity contribution in [2.45, 2.75) is 19.8 Å². The SMILES string of the molecule is CCOC(=O)c1[nH]c2cc(Cl)ccc2c1CCCOc1cccc2ccccc12. The van der Waals surface area contributed by atoms with Crippen molar-refractivity contribution in [2.75, 3.05) is 13.2 Å². The van der Waals surface area contributed by atoms with Gasteiger partial charge in [-0.2, -0.15) is 0 Å². The van der Waals surface area contributed by atoms with Crippen molar-refractivity contribution in [3.8, 4) is 5.75 Å². The van der Waals surface area contributed by atoms with Gasteiger partial charge < -0.3 is 14.5 Å². The number of hydrogen-bond donors (Lipinski definition) is 1. The van der Waals surface area contributed by atoms with Gasteiger partial charge in [0.2, 0.25) is 0 Å². The molecule has 4 aromatic rings. The van der Waals surface area contributed by atoms with E-state index in [9.17, 15) is 4.79 Å². The van der Waals surface area contributed by atoms with Crippen LogP contribution >= 0.6 is 11.6 Å². The average Bonchev–Trinajstić information content (AvgIpc) is 3.09. The van der Waals surface area contributed by atoms with E-state index in [0.717, 1.165) is 39.4 Å². The summed E-state index contributed by atoms with van der Waals surface area (Å²) in [5.41, 5.74) is 2.27. The summed E-state index contributed by atoms with van der Waals surface area (Å²) in [5, 5.41) is 3.87. The van der Waals surface area contributed by atoms with Gasteiger partial charge >= 0.3 is 5.97 Å². The molecule has 4 nitrogen and oxygen atoms in total. The van der Waals surface area contributed by atoms with E-state index in [0.29, 0.717) is 30.4 Å². The Labute approximate surface area is 174 Å². The number of carbonyl (C=O) groups is 1. The molecule has 0 spiro atoms. The first-order valence-corrected chi connectivity index (χ1v) is 10.1. The maximum atomic E-state index is 12.4. The Morgan fingerprint density at radius 2 is 1.86 bits per heavy atom. The predicted octanol–water partition coefficient (Wildman–Crippen LogP) is 6.16. The maximum Gasteiger partial charge on any atom is 0.355 e. The summed E-state index contributed by atoms with van der Waals surface area (Å²) in [6.45, 7) is 2.68. The summed E-state index contributed by atoms with van der Waals surface area (Å²) >= 11 is 6.11. The van der Waals surface area contributed by atoms with Gasteiger partial charge in [0.05, 0.1) is 13.2 Å². The third kappa shape index (κ3) is 4.08. The molecule has 1 heterocycles. The van der Waals surface area contributed by atoms with Gasteiger partial charge in [-0.3, -0.25) is 0 Å². The number of hydrogen-bond acceptors (Lipinski definition) is 3. The quantitative estimate of drug-likeness (QED) is 0.294. The number of halogens is 1. The predicted molar refractivity (Wildman–Crippen MR) is 117 cm³/mol. The molecular weight excluding hydrogens is 386 g/mol. The number of nitrogens with one attached hydrogen (secondary N) is 1. The molecule has 0 aliphatic rings. The number of carbonyl (C=O) groups excluding carboxylic acids is 1. The number of fused-ring (bicyclic) bond motifs is 2. The summed E-state index contributed by atoms with van der Waals surface area (Å²) in [4.78, 5) is 15.6. The van der Waals surface area contributed by atoms with Crippen molar-refractivity contribution in [3.05, 3.63) is 76.9 Å². The molecule has 0 bridgehead atoms. The van der Waals surface area contributed by atoms with Crippen LogP contribution in [0.2, 0.25) is 5.02 Å². The number of aromatic amines is 1. The average molecular weight is 408 g/mol. The third-order valence-electron chi connectivity index (χ3n) is 4.93. The van der Waals surface area contributed by atoms with Crippen LogP contribution < -0.4 is 4.74 Å². The molecule has 0 amide bonds. The smallest absolute Gasteiger partial charge is 0.355 e. The largest absolute Gasteiger partial charge is 0.493 e. The summed E-state index contributed by atoms with van der Waals surface area (Å²) < 4.78 is 11.3. The highest BCUT2D eigenvalue weighted by molar-refractivity contribution is 6.31. The minimum absolute atomic E-state index is 0.332. The van der Waals surface area contributed by atoms with Gasteiger partial charge in [-0.15, -0.1) is 0 Å².